The number of pyridine rings is 1. The first-order valence-electron chi connectivity index (χ1n) is 11.7. The molecule has 0 radical (unpaired) electrons. The molecule has 1 fully saturated rings. The first kappa shape index (κ1) is 23.7. The smallest absolute Gasteiger partial charge is 0.253 e. The SMILES string of the molecule is COc1cccc2cc(CN([C@@H]3CCC[C@H]3O)S(=O)(=O)c3ccc4c(c3)OCCN4C)c(=O)[nH]c12. The van der Waals surface area contributed by atoms with E-state index in [0.29, 0.717) is 48.4 Å². The Kier molecular flexibility index (Phi) is 6.20. The van der Waals surface area contributed by atoms with Crippen molar-refractivity contribution in [1.29, 1.82) is 0 Å². The number of benzene rings is 2. The van der Waals surface area contributed by atoms with Crippen LogP contribution in [0.4, 0.5) is 5.69 Å². The molecule has 0 spiro atoms. The topological polar surface area (TPSA) is 112 Å². The summed E-state index contributed by atoms with van der Waals surface area (Å²) in [7, 11) is -0.599. The Morgan fingerprint density at radius 1 is 1.23 bits per heavy atom. The minimum absolute atomic E-state index is 0.0736. The van der Waals surface area contributed by atoms with Gasteiger partial charge in [0.2, 0.25) is 10.0 Å². The van der Waals surface area contributed by atoms with Crippen LogP contribution in [0.2, 0.25) is 0 Å². The number of nitrogens with one attached hydrogen (secondary N) is 1. The van der Waals surface area contributed by atoms with E-state index >= 15 is 0 Å². The molecule has 0 saturated heterocycles. The lowest BCUT2D eigenvalue weighted by Crippen LogP contribution is -2.44. The van der Waals surface area contributed by atoms with Crippen LogP contribution >= 0.6 is 0 Å². The predicted molar refractivity (Wildman–Crippen MR) is 133 cm³/mol. The van der Waals surface area contributed by atoms with Gasteiger partial charge in [0.25, 0.3) is 5.56 Å². The zero-order chi connectivity index (χ0) is 24.7. The van der Waals surface area contributed by atoms with E-state index in [1.54, 1.807) is 24.3 Å². The molecule has 1 aliphatic carbocycles. The molecule has 2 N–H and O–H groups in total. The van der Waals surface area contributed by atoms with Crippen molar-refractivity contribution in [1.82, 2.24) is 9.29 Å². The van der Waals surface area contributed by atoms with Crippen molar-refractivity contribution in [2.24, 2.45) is 0 Å². The van der Waals surface area contributed by atoms with Crippen LogP contribution in [0, 0.1) is 0 Å². The molecule has 5 rings (SSSR count). The van der Waals surface area contributed by atoms with Crippen LogP contribution < -0.4 is 19.9 Å². The van der Waals surface area contributed by atoms with Crippen LogP contribution in [0.5, 0.6) is 11.5 Å². The highest BCUT2D eigenvalue weighted by atomic mass is 32.2. The summed E-state index contributed by atoms with van der Waals surface area (Å²) in [5.74, 6) is 1.03. The van der Waals surface area contributed by atoms with E-state index in [1.807, 2.05) is 24.1 Å². The van der Waals surface area contributed by atoms with Gasteiger partial charge in [-0.05, 0) is 43.5 Å². The van der Waals surface area contributed by atoms with Crippen molar-refractivity contribution in [2.75, 3.05) is 32.2 Å². The molecule has 2 aliphatic rings. The predicted octanol–water partition coefficient (Wildman–Crippen LogP) is 2.47. The fourth-order valence-corrected chi connectivity index (χ4v) is 6.65. The number of aliphatic hydroxyl groups excluding tert-OH is 1. The number of ether oxygens (including phenoxy) is 2. The van der Waals surface area contributed by atoms with Crippen molar-refractivity contribution in [3.8, 4) is 11.5 Å². The van der Waals surface area contributed by atoms with Gasteiger partial charge in [-0.2, -0.15) is 4.31 Å². The number of hydrogen-bond acceptors (Lipinski definition) is 7. The number of hydrogen-bond donors (Lipinski definition) is 2. The number of fused-ring (bicyclic) bond motifs is 2. The number of aromatic nitrogens is 1. The lowest BCUT2D eigenvalue weighted by atomic mass is 10.1. The Labute approximate surface area is 203 Å². The number of aromatic amines is 1. The van der Waals surface area contributed by atoms with E-state index in [4.69, 9.17) is 9.47 Å². The molecule has 0 amide bonds. The Hall–Kier alpha value is -3.08. The van der Waals surface area contributed by atoms with Crippen LogP contribution in [0.15, 0.2) is 52.2 Å². The van der Waals surface area contributed by atoms with E-state index in [2.05, 4.69) is 4.98 Å². The van der Waals surface area contributed by atoms with Crippen molar-refractivity contribution >= 4 is 26.6 Å². The molecule has 35 heavy (non-hydrogen) atoms. The molecule has 1 aromatic heterocycles. The summed E-state index contributed by atoms with van der Waals surface area (Å²) in [6.07, 6.45) is 0.940. The Bertz CT molecular complexity index is 1420. The molecule has 3 aromatic rings. The van der Waals surface area contributed by atoms with Crippen LogP contribution in [-0.4, -0.2) is 62.3 Å². The van der Waals surface area contributed by atoms with Gasteiger partial charge in [-0.1, -0.05) is 12.1 Å². The minimum Gasteiger partial charge on any atom is -0.495 e. The zero-order valence-corrected chi connectivity index (χ0v) is 20.5. The number of anilines is 1. The quantitative estimate of drug-likeness (QED) is 0.536. The lowest BCUT2D eigenvalue weighted by Gasteiger charge is -2.31. The maximum atomic E-state index is 13.9. The van der Waals surface area contributed by atoms with E-state index in [-0.39, 0.29) is 11.4 Å². The van der Waals surface area contributed by atoms with Crippen LogP contribution in [0.25, 0.3) is 10.9 Å². The fourth-order valence-electron chi connectivity index (χ4n) is 4.98. The van der Waals surface area contributed by atoms with Gasteiger partial charge in [-0.15, -0.1) is 0 Å². The van der Waals surface area contributed by atoms with Crippen LogP contribution in [0.1, 0.15) is 24.8 Å². The third kappa shape index (κ3) is 4.26. The van der Waals surface area contributed by atoms with E-state index in [0.717, 1.165) is 17.6 Å². The van der Waals surface area contributed by atoms with E-state index in [1.165, 1.54) is 17.5 Å². The van der Waals surface area contributed by atoms with Gasteiger partial charge in [0.15, 0.2) is 0 Å². The molecule has 9 nitrogen and oxygen atoms in total. The highest BCUT2D eigenvalue weighted by Gasteiger charge is 2.39. The summed E-state index contributed by atoms with van der Waals surface area (Å²) in [6.45, 7) is 1.02. The average molecular weight is 500 g/mol. The first-order valence-corrected chi connectivity index (χ1v) is 13.1. The number of likely N-dealkylation sites (N-methyl/N-ethyl adjacent to an activating group) is 1. The van der Waals surface area contributed by atoms with Gasteiger partial charge >= 0.3 is 0 Å². The first-order chi connectivity index (χ1) is 16.8. The Balaban J connectivity index is 1.57. The number of rotatable bonds is 6. The van der Waals surface area contributed by atoms with Crippen molar-refractivity contribution < 1.29 is 23.0 Å². The summed E-state index contributed by atoms with van der Waals surface area (Å²) in [4.78, 5) is 17.9. The molecule has 0 bridgehead atoms. The molecule has 2 aromatic carbocycles. The molecule has 186 valence electrons. The molecule has 1 aliphatic heterocycles. The number of nitrogens with zero attached hydrogens (tertiary/aromatic N) is 2. The van der Waals surface area contributed by atoms with Crippen molar-refractivity contribution in [3.63, 3.8) is 0 Å². The van der Waals surface area contributed by atoms with Gasteiger partial charge in [0, 0.05) is 30.6 Å². The second kappa shape index (κ2) is 9.18. The van der Waals surface area contributed by atoms with Gasteiger partial charge in [0.1, 0.15) is 18.1 Å². The number of sulfonamides is 1. The molecule has 1 saturated carbocycles. The molecular weight excluding hydrogens is 470 g/mol. The summed E-state index contributed by atoms with van der Waals surface area (Å²) < 4.78 is 40.2. The summed E-state index contributed by atoms with van der Waals surface area (Å²) in [5, 5.41) is 11.4. The summed E-state index contributed by atoms with van der Waals surface area (Å²) in [6, 6.07) is 11.3. The Morgan fingerprint density at radius 2 is 2.06 bits per heavy atom. The highest BCUT2D eigenvalue weighted by molar-refractivity contribution is 7.89. The molecule has 2 heterocycles. The molecule has 0 unspecified atom stereocenters. The van der Waals surface area contributed by atoms with Crippen molar-refractivity contribution in [2.45, 2.75) is 42.8 Å². The van der Waals surface area contributed by atoms with Gasteiger partial charge in [-0.3, -0.25) is 4.79 Å². The highest BCUT2D eigenvalue weighted by Crippen LogP contribution is 2.36. The van der Waals surface area contributed by atoms with Crippen LogP contribution in [0.3, 0.4) is 0 Å². The van der Waals surface area contributed by atoms with E-state index < -0.39 is 27.7 Å². The monoisotopic (exact) mass is 499 g/mol. The van der Waals surface area contributed by atoms with Crippen molar-refractivity contribution in [3.05, 3.63) is 58.4 Å². The Morgan fingerprint density at radius 3 is 2.80 bits per heavy atom. The average Bonchev–Trinajstić information content (AvgIpc) is 3.27. The van der Waals surface area contributed by atoms with Gasteiger partial charge < -0.3 is 24.5 Å². The number of para-hydroxylation sites is 1. The fraction of sp³-hybridized carbons (Fsp3) is 0.400. The summed E-state index contributed by atoms with van der Waals surface area (Å²) in [5.41, 5.74) is 1.27. The molecular formula is C25H29N3O6S. The number of methoxy groups -OCH3 is 1. The largest absolute Gasteiger partial charge is 0.495 e. The maximum Gasteiger partial charge on any atom is 0.253 e. The molecule has 2 atom stereocenters. The maximum absolute atomic E-state index is 13.9. The molecule has 10 heteroatoms. The normalized spacial score (nSPS) is 20.2. The third-order valence-corrected chi connectivity index (χ3v) is 8.78. The zero-order valence-electron chi connectivity index (χ0n) is 19.7. The number of H-pyrrole nitrogens is 1. The summed E-state index contributed by atoms with van der Waals surface area (Å²) >= 11 is 0. The second-order valence-corrected chi connectivity index (χ2v) is 11.0. The van der Waals surface area contributed by atoms with E-state index in [9.17, 15) is 18.3 Å². The minimum atomic E-state index is -4.05. The van der Waals surface area contributed by atoms with Crippen LogP contribution in [-0.2, 0) is 16.6 Å². The lowest BCUT2D eigenvalue weighted by molar-refractivity contribution is 0.110. The second-order valence-electron chi connectivity index (χ2n) is 9.06. The van der Waals surface area contributed by atoms with Gasteiger partial charge in [-0.25, -0.2) is 8.42 Å². The number of aliphatic hydroxyl groups is 1. The third-order valence-electron chi connectivity index (χ3n) is 6.91. The van der Waals surface area contributed by atoms with Gasteiger partial charge in [0.05, 0.1) is 41.9 Å². The standard InChI is InChI=1S/C25H29N3O6S/c1-27-11-12-34-23-14-18(9-10-20(23)27)35(31,32)28(19-6-4-7-21(19)29)15-17-13-16-5-3-8-22(33-2)24(16)26-25(17)30/h3,5,8-10,13-14,19,21,29H,4,6-7,11-12,15H2,1-2H3,(H,26,30)/t19-,21-/m1/s1.